The van der Waals surface area contributed by atoms with Gasteiger partial charge in [0, 0.05) is 16.7 Å². The molecule has 3 nitrogen and oxygen atoms in total. The Hall–Kier alpha value is -0.720. The van der Waals surface area contributed by atoms with Gasteiger partial charge in [0.25, 0.3) is 0 Å². The van der Waals surface area contributed by atoms with Gasteiger partial charge in [0.15, 0.2) is 0 Å². The second-order valence-electron chi connectivity index (χ2n) is 1.85. The van der Waals surface area contributed by atoms with Crippen LogP contribution < -0.4 is 0 Å². The van der Waals surface area contributed by atoms with E-state index in [0.29, 0.717) is 0 Å². The van der Waals surface area contributed by atoms with Crippen LogP contribution in [0.2, 0.25) is 0 Å². The van der Waals surface area contributed by atoms with Crippen LogP contribution >= 0.6 is 10.7 Å². The average Bonchev–Trinajstić information content (AvgIpc) is 1.81. The number of hydrogen-bond donors (Lipinski definition) is 1. The van der Waals surface area contributed by atoms with E-state index in [9.17, 15) is 8.78 Å². The number of halogens is 3. The highest BCUT2D eigenvalue weighted by Gasteiger charge is 1.88. The average molecular weight is 231 g/mol. The van der Waals surface area contributed by atoms with Crippen LogP contribution in [0.25, 0.3) is 0 Å². The molecule has 0 unspecified atom stereocenters. The van der Waals surface area contributed by atoms with Crippen molar-refractivity contribution in [3.63, 3.8) is 0 Å². The number of hydrogen-bond acceptors (Lipinski definition) is 2. The number of rotatable bonds is 0. The third-order valence-corrected chi connectivity index (χ3v) is 0.787. The lowest BCUT2D eigenvalue weighted by Gasteiger charge is -1.84. The van der Waals surface area contributed by atoms with Gasteiger partial charge >= 0.3 is 9.33 Å². The zero-order chi connectivity index (χ0) is 10.5. The third kappa shape index (κ3) is 11.3. The van der Waals surface area contributed by atoms with E-state index >= 15 is 0 Å². The summed E-state index contributed by atoms with van der Waals surface area (Å²) < 4.78 is 49.0. The van der Waals surface area contributed by atoms with E-state index in [1.165, 1.54) is 18.2 Å². The minimum Gasteiger partial charge on any atom is -0.273 e. The highest BCUT2D eigenvalue weighted by Crippen LogP contribution is 1.99. The largest absolute Gasteiger partial charge is 0.353 e. The first-order valence-corrected chi connectivity index (χ1v) is 5.14. The summed E-state index contributed by atoms with van der Waals surface area (Å²) in [7, 11) is -0.137. The van der Waals surface area contributed by atoms with Gasteiger partial charge in [0.1, 0.15) is 11.6 Å². The van der Waals surface area contributed by atoms with E-state index in [1.54, 1.807) is 0 Å². The van der Waals surface area contributed by atoms with Crippen molar-refractivity contribution in [1.82, 2.24) is 0 Å². The zero-order valence-corrected chi connectivity index (χ0v) is 7.69. The Morgan fingerprint density at radius 3 is 1.69 bits per heavy atom. The molecule has 0 aliphatic rings. The van der Waals surface area contributed by atoms with Crippen molar-refractivity contribution < 1.29 is 21.8 Å². The maximum absolute atomic E-state index is 11.9. The van der Waals surface area contributed by atoms with E-state index in [1.807, 2.05) is 0 Å². The molecule has 0 saturated carbocycles. The maximum Gasteiger partial charge on any atom is 0.353 e. The van der Waals surface area contributed by atoms with E-state index in [0.717, 1.165) is 6.07 Å². The van der Waals surface area contributed by atoms with Crippen molar-refractivity contribution in [3.8, 4) is 0 Å². The van der Waals surface area contributed by atoms with Gasteiger partial charge < -0.3 is 0 Å². The lowest BCUT2D eigenvalue weighted by Crippen LogP contribution is -1.77. The summed E-state index contributed by atoms with van der Waals surface area (Å²) >= 11 is 0. The van der Waals surface area contributed by atoms with Crippen molar-refractivity contribution in [3.05, 3.63) is 35.9 Å². The van der Waals surface area contributed by atoms with Crippen LogP contribution in [-0.4, -0.2) is 13.0 Å². The molecule has 0 heterocycles. The highest BCUT2D eigenvalue weighted by atomic mass is 35.7. The molecule has 74 valence electrons. The molecule has 0 fully saturated rings. The Balaban J connectivity index is 0.000000252. The Bertz CT molecular complexity index is 341. The van der Waals surface area contributed by atoms with Crippen molar-refractivity contribution >= 4 is 20.0 Å². The quantitative estimate of drug-likeness (QED) is 0.548. The SMILES string of the molecule is Fc1cccc(F)c1.O=S(=O)(O)Cl. The van der Waals surface area contributed by atoms with Crippen LogP contribution in [0.1, 0.15) is 0 Å². The van der Waals surface area contributed by atoms with Crippen molar-refractivity contribution in [2.24, 2.45) is 0 Å². The van der Waals surface area contributed by atoms with Crippen LogP contribution in [0, 0.1) is 11.6 Å². The molecule has 0 aromatic heterocycles. The monoisotopic (exact) mass is 230 g/mol. The fourth-order valence-corrected chi connectivity index (χ4v) is 0.460. The van der Waals surface area contributed by atoms with Gasteiger partial charge in [-0.3, -0.25) is 4.55 Å². The van der Waals surface area contributed by atoms with Gasteiger partial charge in [-0.2, -0.15) is 8.42 Å². The van der Waals surface area contributed by atoms with Crippen LogP contribution in [0.3, 0.4) is 0 Å². The van der Waals surface area contributed by atoms with Crippen molar-refractivity contribution in [2.45, 2.75) is 0 Å². The molecule has 0 aliphatic carbocycles. The summed E-state index contributed by atoms with van der Waals surface area (Å²) in [5.41, 5.74) is 0. The lowest BCUT2D eigenvalue weighted by molar-refractivity contribution is 0.501. The zero-order valence-electron chi connectivity index (χ0n) is 6.12. The first-order chi connectivity index (χ1) is 5.79. The molecule has 0 atom stereocenters. The van der Waals surface area contributed by atoms with Crippen LogP contribution in [0.4, 0.5) is 8.78 Å². The summed E-state index contributed by atoms with van der Waals surface area (Å²) in [5.74, 6) is -1.07. The third-order valence-electron chi connectivity index (χ3n) is 0.787. The van der Waals surface area contributed by atoms with Gasteiger partial charge in [-0.05, 0) is 12.1 Å². The maximum atomic E-state index is 11.9. The van der Waals surface area contributed by atoms with Crippen molar-refractivity contribution in [2.75, 3.05) is 0 Å². The molecule has 1 rings (SSSR count). The molecule has 1 aromatic carbocycles. The molecule has 1 N–H and O–H groups in total. The van der Waals surface area contributed by atoms with E-state index in [-0.39, 0.29) is 0 Å². The Kier molecular flexibility index (Phi) is 4.82. The molecule has 7 heteroatoms. The lowest BCUT2D eigenvalue weighted by atomic mass is 10.3. The predicted molar refractivity (Wildman–Crippen MR) is 43.8 cm³/mol. The summed E-state index contributed by atoms with van der Waals surface area (Å²) in [6, 6.07) is 4.55. The van der Waals surface area contributed by atoms with Gasteiger partial charge in [-0.25, -0.2) is 8.78 Å². The molecule has 0 amide bonds. The Labute approximate surface area is 78.2 Å². The molecular formula is C6H5ClF2O3S. The number of benzene rings is 1. The van der Waals surface area contributed by atoms with E-state index in [4.69, 9.17) is 13.0 Å². The minimum atomic E-state index is -4.19. The second kappa shape index (κ2) is 5.11. The highest BCUT2D eigenvalue weighted by molar-refractivity contribution is 8.09. The smallest absolute Gasteiger partial charge is 0.273 e. The standard InChI is InChI=1S/C6H4F2.ClHO3S/c7-5-2-1-3-6(8)4-5;1-5(2,3)4/h1-4H;(H,2,3,4). The Morgan fingerprint density at radius 2 is 1.54 bits per heavy atom. The predicted octanol–water partition coefficient (Wildman–Crippen LogP) is 1.99. The van der Waals surface area contributed by atoms with Crippen LogP contribution in [-0.2, 0) is 9.33 Å². The molecule has 0 saturated heterocycles. The van der Waals surface area contributed by atoms with E-state index < -0.39 is 21.0 Å². The minimum absolute atomic E-state index is 0.537. The molecule has 0 bridgehead atoms. The molecule has 1 aromatic rings. The fourth-order valence-electron chi connectivity index (χ4n) is 0.460. The molecular weight excluding hydrogens is 226 g/mol. The second-order valence-corrected chi connectivity index (χ2v) is 3.85. The van der Waals surface area contributed by atoms with Gasteiger partial charge in [-0.15, -0.1) is 0 Å². The first-order valence-electron chi connectivity index (χ1n) is 2.87. The van der Waals surface area contributed by atoms with E-state index in [2.05, 4.69) is 10.7 Å². The van der Waals surface area contributed by atoms with Gasteiger partial charge in [-0.1, -0.05) is 6.07 Å². The Morgan fingerprint density at radius 1 is 1.23 bits per heavy atom. The molecule has 0 radical (unpaired) electrons. The molecule has 0 spiro atoms. The van der Waals surface area contributed by atoms with Gasteiger partial charge in [0.05, 0.1) is 0 Å². The van der Waals surface area contributed by atoms with Crippen LogP contribution in [0.15, 0.2) is 24.3 Å². The summed E-state index contributed by atoms with van der Waals surface area (Å²) in [4.78, 5) is 0. The topological polar surface area (TPSA) is 54.4 Å². The summed E-state index contributed by atoms with van der Waals surface area (Å²) in [5, 5.41) is 0. The van der Waals surface area contributed by atoms with Crippen molar-refractivity contribution in [1.29, 1.82) is 0 Å². The first kappa shape index (κ1) is 12.3. The fraction of sp³-hybridized carbons (Fsp3) is 0. The molecule has 13 heavy (non-hydrogen) atoms. The molecule has 0 aliphatic heterocycles. The summed E-state index contributed by atoms with van der Waals surface area (Å²) in [6.07, 6.45) is 0. The normalized spacial score (nSPS) is 10.2. The summed E-state index contributed by atoms with van der Waals surface area (Å²) in [6.45, 7) is 0. The van der Waals surface area contributed by atoms with Crippen LogP contribution in [0.5, 0.6) is 0 Å². The van der Waals surface area contributed by atoms with Gasteiger partial charge in [0.2, 0.25) is 0 Å².